The second-order valence-electron chi connectivity index (χ2n) is 5.99. The Labute approximate surface area is 108 Å². The van der Waals surface area contributed by atoms with E-state index in [1.807, 2.05) is 0 Å². The summed E-state index contributed by atoms with van der Waals surface area (Å²) in [7, 11) is 0. The van der Waals surface area contributed by atoms with Gasteiger partial charge in [-0.05, 0) is 66.9 Å². The van der Waals surface area contributed by atoms with Crippen LogP contribution in [0.5, 0.6) is 0 Å². The molecule has 0 saturated carbocycles. The first-order valence-corrected chi connectivity index (χ1v) is 6.88. The molecule has 1 nitrogen and oxygen atoms in total. The fourth-order valence-corrected chi connectivity index (χ4v) is 3.36. The quantitative estimate of drug-likeness (QED) is 0.650. The number of hydrogen-bond donors (Lipinski definition) is 0. The second-order valence-corrected chi connectivity index (χ2v) is 6.76. The van der Waals surface area contributed by atoms with E-state index in [1.54, 1.807) is 11.5 Å². The van der Waals surface area contributed by atoms with Crippen LogP contribution < -0.4 is 0 Å². The normalized spacial score (nSPS) is 12.4. The van der Waals surface area contributed by atoms with Gasteiger partial charge in [0.2, 0.25) is 0 Å². The summed E-state index contributed by atoms with van der Waals surface area (Å²) >= 11 is 1.67. The molecule has 2 heteroatoms. The summed E-state index contributed by atoms with van der Waals surface area (Å²) < 4.78 is 4.69. The molecular weight excluding hydrogens is 226 g/mol. The highest BCUT2D eigenvalue weighted by Crippen LogP contribution is 2.38. The molecule has 0 radical (unpaired) electrons. The van der Waals surface area contributed by atoms with Crippen molar-refractivity contribution in [2.75, 3.05) is 0 Å². The van der Waals surface area contributed by atoms with Crippen LogP contribution in [0.4, 0.5) is 0 Å². The Morgan fingerprint density at radius 1 is 0.824 bits per heavy atom. The topological polar surface area (TPSA) is 12.9 Å². The standard InChI is InChI=1S/C15H21NS/c1-8-9(2)11(4)13-12(10(8)3)14(17-16-13)15(5,6)7/h1-7H3. The van der Waals surface area contributed by atoms with Crippen molar-refractivity contribution in [2.24, 2.45) is 0 Å². The van der Waals surface area contributed by atoms with E-state index in [1.165, 1.54) is 38.0 Å². The van der Waals surface area contributed by atoms with Crippen molar-refractivity contribution >= 4 is 22.4 Å². The van der Waals surface area contributed by atoms with E-state index in [9.17, 15) is 0 Å². The SMILES string of the molecule is Cc1c(C)c(C)c2c(C(C)(C)C)snc2c1C. The zero-order chi connectivity index (χ0) is 13.0. The predicted octanol–water partition coefficient (Wildman–Crippen LogP) is 4.83. The minimum atomic E-state index is 0.179. The van der Waals surface area contributed by atoms with Crippen molar-refractivity contribution in [3.63, 3.8) is 0 Å². The van der Waals surface area contributed by atoms with E-state index in [2.05, 4.69) is 52.8 Å². The molecule has 1 heterocycles. The van der Waals surface area contributed by atoms with Gasteiger partial charge in [-0.3, -0.25) is 0 Å². The monoisotopic (exact) mass is 247 g/mol. The number of rotatable bonds is 0. The fourth-order valence-electron chi connectivity index (χ4n) is 2.33. The lowest BCUT2D eigenvalue weighted by atomic mass is 9.87. The zero-order valence-corrected chi connectivity index (χ0v) is 12.7. The van der Waals surface area contributed by atoms with Crippen molar-refractivity contribution in [1.29, 1.82) is 0 Å². The summed E-state index contributed by atoms with van der Waals surface area (Å²) in [6.07, 6.45) is 0. The molecule has 0 bridgehead atoms. The molecule has 0 amide bonds. The summed E-state index contributed by atoms with van der Waals surface area (Å²) in [5.41, 5.74) is 6.94. The van der Waals surface area contributed by atoms with Crippen molar-refractivity contribution in [2.45, 2.75) is 53.9 Å². The number of fused-ring (bicyclic) bond motifs is 1. The van der Waals surface area contributed by atoms with Crippen LogP contribution in [0.3, 0.4) is 0 Å². The number of hydrogen-bond acceptors (Lipinski definition) is 2. The van der Waals surface area contributed by atoms with Crippen LogP contribution in [-0.4, -0.2) is 4.37 Å². The van der Waals surface area contributed by atoms with Gasteiger partial charge in [-0.15, -0.1) is 0 Å². The molecule has 0 aliphatic rings. The maximum absolute atomic E-state index is 4.69. The minimum Gasteiger partial charge on any atom is -0.192 e. The van der Waals surface area contributed by atoms with Crippen LogP contribution in [0.1, 0.15) is 47.9 Å². The lowest BCUT2D eigenvalue weighted by molar-refractivity contribution is 0.608. The highest BCUT2D eigenvalue weighted by atomic mass is 32.1. The summed E-state index contributed by atoms with van der Waals surface area (Å²) in [6, 6.07) is 0. The van der Waals surface area contributed by atoms with Gasteiger partial charge in [0.15, 0.2) is 0 Å². The molecule has 2 aromatic rings. The molecular formula is C15H21NS. The van der Waals surface area contributed by atoms with Gasteiger partial charge in [0.05, 0.1) is 5.52 Å². The Balaban J connectivity index is 2.96. The van der Waals surface area contributed by atoms with Gasteiger partial charge in [0, 0.05) is 10.3 Å². The average molecular weight is 247 g/mol. The van der Waals surface area contributed by atoms with Crippen LogP contribution >= 0.6 is 11.5 Å². The highest BCUT2D eigenvalue weighted by Gasteiger charge is 2.23. The van der Waals surface area contributed by atoms with Gasteiger partial charge < -0.3 is 0 Å². The van der Waals surface area contributed by atoms with Gasteiger partial charge in [-0.2, -0.15) is 4.37 Å². The second kappa shape index (κ2) is 3.81. The molecule has 0 atom stereocenters. The molecule has 0 spiro atoms. The van der Waals surface area contributed by atoms with Gasteiger partial charge in [0.25, 0.3) is 0 Å². The molecule has 17 heavy (non-hydrogen) atoms. The van der Waals surface area contributed by atoms with Crippen LogP contribution in [0.25, 0.3) is 10.9 Å². The van der Waals surface area contributed by atoms with Crippen LogP contribution in [0.15, 0.2) is 0 Å². The van der Waals surface area contributed by atoms with Gasteiger partial charge in [-0.1, -0.05) is 20.8 Å². The maximum Gasteiger partial charge on any atom is 0.0878 e. The molecule has 0 aliphatic carbocycles. The van der Waals surface area contributed by atoms with E-state index in [0.717, 1.165) is 0 Å². The van der Waals surface area contributed by atoms with Crippen molar-refractivity contribution < 1.29 is 0 Å². The van der Waals surface area contributed by atoms with E-state index < -0.39 is 0 Å². The third kappa shape index (κ3) is 1.79. The van der Waals surface area contributed by atoms with Gasteiger partial charge in [-0.25, -0.2) is 0 Å². The van der Waals surface area contributed by atoms with E-state index in [0.29, 0.717) is 0 Å². The summed E-state index contributed by atoms with van der Waals surface area (Å²) in [4.78, 5) is 1.41. The van der Waals surface area contributed by atoms with E-state index in [4.69, 9.17) is 0 Å². The van der Waals surface area contributed by atoms with Crippen LogP contribution in [0, 0.1) is 27.7 Å². The maximum atomic E-state index is 4.69. The molecule has 92 valence electrons. The lowest BCUT2D eigenvalue weighted by Gasteiger charge is -2.18. The molecule has 1 aromatic heterocycles. The van der Waals surface area contributed by atoms with Crippen LogP contribution in [0.2, 0.25) is 0 Å². The smallest absolute Gasteiger partial charge is 0.0878 e. The van der Waals surface area contributed by atoms with Crippen molar-refractivity contribution in [1.82, 2.24) is 4.37 Å². The van der Waals surface area contributed by atoms with Crippen molar-refractivity contribution in [3.05, 3.63) is 27.1 Å². The highest BCUT2D eigenvalue weighted by molar-refractivity contribution is 7.07. The number of aryl methyl sites for hydroxylation is 2. The summed E-state index contributed by atoms with van der Waals surface area (Å²) in [6.45, 7) is 15.6. The molecule has 0 unspecified atom stereocenters. The Kier molecular flexibility index (Phi) is 2.81. The number of benzene rings is 1. The lowest BCUT2D eigenvalue weighted by Crippen LogP contribution is -2.09. The Bertz CT molecular complexity index is 585. The fraction of sp³-hybridized carbons (Fsp3) is 0.533. The first-order valence-electron chi connectivity index (χ1n) is 6.11. The first kappa shape index (κ1) is 12.6. The minimum absolute atomic E-state index is 0.179. The average Bonchev–Trinajstić information content (AvgIpc) is 2.67. The zero-order valence-electron chi connectivity index (χ0n) is 11.9. The molecule has 1 aromatic carbocycles. The Morgan fingerprint density at radius 3 is 1.88 bits per heavy atom. The number of nitrogens with zero attached hydrogens (tertiary/aromatic N) is 1. The van der Waals surface area contributed by atoms with Gasteiger partial charge in [0.1, 0.15) is 0 Å². The molecule has 2 rings (SSSR count). The molecule has 0 saturated heterocycles. The number of aromatic nitrogens is 1. The molecule has 0 fully saturated rings. The van der Waals surface area contributed by atoms with Gasteiger partial charge >= 0.3 is 0 Å². The third-order valence-electron chi connectivity index (χ3n) is 3.79. The van der Waals surface area contributed by atoms with Crippen LogP contribution in [-0.2, 0) is 5.41 Å². The molecule has 0 aliphatic heterocycles. The van der Waals surface area contributed by atoms with E-state index in [-0.39, 0.29) is 5.41 Å². The summed E-state index contributed by atoms with van der Waals surface area (Å²) in [5, 5.41) is 1.39. The largest absolute Gasteiger partial charge is 0.192 e. The third-order valence-corrected chi connectivity index (χ3v) is 5.06. The van der Waals surface area contributed by atoms with Crippen molar-refractivity contribution in [3.8, 4) is 0 Å². The Hall–Kier alpha value is -0.890. The molecule has 0 N–H and O–H groups in total. The van der Waals surface area contributed by atoms with E-state index >= 15 is 0 Å². The summed E-state index contributed by atoms with van der Waals surface area (Å²) in [5.74, 6) is 0. The Morgan fingerprint density at radius 2 is 1.35 bits per heavy atom. The predicted molar refractivity (Wildman–Crippen MR) is 77.3 cm³/mol. The first-order chi connectivity index (χ1) is 7.75.